The highest BCUT2D eigenvalue weighted by molar-refractivity contribution is 9.10. The van der Waals surface area contributed by atoms with Crippen LogP contribution in [0.1, 0.15) is 22.6 Å². The Balaban J connectivity index is 1.65. The number of nitrogens with one attached hydrogen (secondary N) is 1. The number of nitrogens with zero attached hydrogens (tertiary/aromatic N) is 3. The van der Waals surface area contributed by atoms with E-state index in [1.165, 1.54) is 11.3 Å². The molecule has 0 atom stereocenters. The van der Waals surface area contributed by atoms with Gasteiger partial charge in [0.2, 0.25) is 0 Å². The molecule has 2 aromatic heterocycles. The van der Waals surface area contributed by atoms with Crippen LogP contribution in [0.3, 0.4) is 0 Å². The summed E-state index contributed by atoms with van der Waals surface area (Å²) < 4.78 is 3.08. The van der Waals surface area contributed by atoms with E-state index < -0.39 is 0 Å². The summed E-state index contributed by atoms with van der Waals surface area (Å²) in [5.41, 5.74) is 5.71. The van der Waals surface area contributed by atoms with Crippen molar-refractivity contribution in [1.82, 2.24) is 20.1 Å². The van der Waals surface area contributed by atoms with Crippen LogP contribution in [0.5, 0.6) is 0 Å². The molecule has 0 bridgehead atoms. The van der Waals surface area contributed by atoms with Crippen LogP contribution in [-0.4, -0.2) is 21.3 Å². The predicted octanol–water partition coefficient (Wildman–Crippen LogP) is 3.98. The fourth-order valence-corrected chi connectivity index (χ4v) is 3.00. The maximum atomic E-state index is 4.70. The number of aromatic nitrogens is 3. The van der Waals surface area contributed by atoms with Crippen LogP contribution in [0.4, 0.5) is 0 Å². The van der Waals surface area contributed by atoms with Crippen molar-refractivity contribution in [3.63, 3.8) is 0 Å². The molecule has 0 aliphatic carbocycles. The molecule has 5 heteroatoms. The Labute approximate surface area is 151 Å². The average molecular weight is 385 g/mol. The third-order valence-corrected chi connectivity index (χ3v) is 4.63. The van der Waals surface area contributed by atoms with Crippen molar-refractivity contribution >= 4 is 15.9 Å². The third kappa shape index (κ3) is 3.91. The first-order chi connectivity index (χ1) is 11.6. The van der Waals surface area contributed by atoms with E-state index in [0.717, 1.165) is 41.1 Å². The predicted molar refractivity (Wildman–Crippen MR) is 100 cm³/mol. The lowest BCUT2D eigenvalue weighted by Gasteiger charge is -2.07. The van der Waals surface area contributed by atoms with Crippen LogP contribution in [0.15, 0.2) is 53.1 Å². The lowest BCUT2D eigenvalue weighted by Crippen LogP contribution is -2.18. The smallest absolute Gasteiger partial charge is 0.0649 e. The van der Waals surface area contributed by atoms with Gasteiger partial charge in [-0.2, -0.15) is 5.10 Å². The SMILES string of the molecule is Cc1nn(-c2ccc(Br)cc2)c(C)c1CNCCc1ccccn1. The van der Waals surface area contributed by atoms with Gasteiger partial charge >= 0.3 is 0 Å². The summed E-state index contributed by atoms with van der Waals surface area (Å²) in [6.07, 6.45) is 2.77. The highest BCUT2D eigenvalue weighted by Gasteiger charge is 2.12. The first-order valence-electron chi connectivity index (χ1n) is 8.07. The molecule has 2 heterocycles. The van der Waals surface area contributed by atoms with Crippen molar-refractivity contribution in [2.75, 3.05) is 6.54 Å². The molecule has 3 aromatic rings. The Bertz CT molecular complexity index is 794. The topological polar surface area (TPSA) is 42.7 Å². The number of benzene rings is 1. The zero-order valence-corrected chi connectivity index (χ0v) is 15.5. The number of pyridine rings is 1. The van der Waals surface area contributed by atoms with Gasteiger partial charge < -0.3 is 5.32 Å². The van der Waals surface area contributed by atoms with E-state index in [1.54, 1.807) is 0 Å². The largest absolute Gasteiger partial charge is 0.312 e. The van der Waals surface area contributed by atoms with Crippen molar-refractivity contribution in [3.8, 4) is 5.69 Å². The monoisotopic (exact) mass is 384 g/mol. The summed E-state index contributed by atoms with van der Waals surface area (Å²) in [6.45, 7) is 5.91. The summed E-state index contributed by atoms with van der Waals surface area (Å²) in [5.74, 6) is 0. The van der Waals surface area contributed by atoms with Crippen LogP contribution < -0.4 is 5.32 Å². The second-order valence-corrected chi connectivity index (χ2v) is 6.70. The molecule has 3 rings (SSSR count). The van der Waals surface area contributed by atoms with Crippen molar-refractivity contribution in [2.45, 2.75) is 26.8 Å². The summed E-state index contributed by atoms with van der Waals surface area (Å²) in [7, 11) is 0. The van der Waals surface area contributed by atoms with Gasteiger partial charge in [-0.25, -0.2) is 4.68 Å². The molecule has 0 amide bonds. The molecular weight excluding hydrogens is 364 g/mol. The van der Waals surface area contributed by atoms with E-state index in [2.05, 4.69) is 58.3 Å². The van der Waals surface area contributed by atoms with E-state index >= 15 is 0 Å². The van der Waals surface area contributed by atoms with Gasteiger partial charge in [-0.3, -0.25) is 4.98 Å². The molecule has 0 saturated heterocycles. The molecule has 0 aliphatic heterocycles. The zero-order chi connectivity index (χ0) is 16.9. The maximum Gasteiger partial charge on any atom is 0.0649 e. The Morgan fingerprint density at radius 2 is 1.88 bits per heavy atom. The van der Waals surface area contributed by atoms with Gasteiger partial charge in [0.25, 0.3) is 0 Å². The number of halogens is 1. The molecule has 0 unspecified atom stereocenters. The Kier molecular flexibility index (Phi) is 5.43. The average Bonchev–Trinajstić information content (AvgIpc) is 2.88. The van der Waals surface area contributed by atoms with Crippen molar-refractivity contribution in [3.05, 3.63) is 75.8 Å². The molecule has 124 valence electrons. The number of hydrogen-bond acceptors (Lipinski definition) is 3. The Morgan fingerprint density at radius 1 is 1.08 bits per heavy atom. The molecule has 24 heavy (non-hydrogen) atoms. The van der Waals surface area contributed by atoms with Crippen LogP contribution in [0, 0.1) is 13.8 Å². The molecule has 0 radical (unpaired) electrons. The van der Waals surface area contributed by atoms with Gasteiger partial charge in [0.05, 0.1) is 11.4 Å². The Morgan fingerprint density at radius 3 is 2.58 bits per heavy atom. The van der Waals surface area contributed by atoms with Gasteiger partial charge in [-0.05, 0) is 50.2 Å². The second-order valence-electron chi connectivity index (χ2n) is 5.79. The molecule has 4 nitrogen and oxygen atoms in total. The molecule has 0 saturated carbocycles. The number of hydrogen-bond donors (Lipinski definition) is 1. The summed E-state index contributed by atoms with van der Waals surface area (Å²) in [4.78, 5) is 4.35. The maximum absolute atomic E-state index is 4.70. The summed E-state index contributed by atoms with van der Waals surface area (Å²) >= 11 is 3.47. The lowest BCUT2D eigenvalue weighted by atomic mass is 10.2. The number of rotatable bonds is 6. The van der Waals surface area contributed by atoms with Crippen LogP contribution >= 0.6 is 15.9 Å². The quantitative estimate of drug-likeness (QED) is 0.653. The molecule has 0 fully saturated rings. The molecule has 1 N–H and O–H groups in total. The Hall–Kier alpha value is -1.98. The first kappa shape index (κ1) is 16.9. The fourth-order valence-electron chi connectivity index (χ4n) is 2.74. The zero-order valence-electron chi connectivity index (χ0n) is 14.0. The van der Waals surface area contributed by atoms with Gasteiger partial charge in [0.15, 0.2) is 0 Å². The van der Waals surface area contributed by atoms with Crippen molar-refractivity contribution in [1.29, 1.82) is 0 Å². The van der Waals surface area contributed by atoms with Gasteiger partial charge in [0.1, 0.15) is 0 Å². The molecule has 0 spiro atoms. The van der Waals surface area contributed by atoms with Gasteiger partial charge in [-0.15, -0.1) is 0 Å². The van der Waals surface area contributed by atoms with Crippen molar-refractivity contribution in [2.24, 2.45) is 0 Å². The normalized spacial score (nSPS) is 11.0. The molecular formula is C19H21BrN4. The van der Waals surface area contributed by atoms with E-state index in [1.807, 2.05) is 35.1 Å². The molecule has 1 aromatic carbocycles. The van der Waals surface area contributed by atoms with Crippen molar-refractivity contribution < 1.29 is 0 Å². The highest BCUT2D eigenvalue weighted by Crippen LogP contribution is 2.19. The minimum absolute atomic E-state index is 0.820. The summed E-state index contributed by atoms with van der Waals surface area (Å²) in [6, 6.07) is 14.2. The van der Waals surface area contributed by atoms with Crippen LogP contribution in [-0.2, 0) is 13.0 Å². The van der Waals surface area contributed by atoms with Crippen LogP contribution in [0.2, 0.25) is 0 Å². The first-order valence-corrected chi connectivity index (χ1v) is 8.86. The van der Waals surface area contributed by atoms with Gasteiger partial charge in [-0.1, -0.05) is 22.0 Å². The van der Waals surface area contributed by atoms with Crippen LogP contribution in [0.25, 0.3) is 5.69 Å². The highest BCUT2D eigenvalue weighted by atomic mass is 79.9. The third-order valence-electron chi connectivity index (χ3n) is 4.10. The molecule has 0 aliphatic rings. The van der Waals surface area contributed by atoms with Gasteiger partial charge in [0, 0.05) is 47.1 Å². The minimum atomic E-state index is 0.820. The van der Waals surface area contributed by atoms with E-state index in [-0.39, 0.29) is 0 Å². The summed E-state index contributed by atoms with van der Waals surface area (Å²) in [5, 5.41) is 8.20. The van der Waals surface area contributed by atoms with E-state index in [4.69, 9.17) is 5.10 Å². The fraction of sp³-hybridized carbons (Fsp3) is 0.263. The number of aryl methyl sites for hydroxylation is 1. The van der Waals surface area contributed by atoms with E-state index in [9.17, 15) is 0 Å². The lowest BCUT2D eigenvalue weighted by molar-refractivity contribution is 0.675. The standard InChI is InChI=1S/C19H21BrN4/c1-14-19(13-21-12-10-17-5-3-4-11-22-17)15(2)24(23-14)18-8-6-16(20)7-9-18/h3-9,11,21H,10,12-13H2,1-2H3. The minimum Gasteiger partial charge on any atom is -0.312 e. The second kappa shape index (κ2) is 7.73. The van der Waals surface area contributed by atoms with E-state index in [0.29, 0.717) is 0 Å².